The number of nitrogens with zero attached hydrogens (tertiary/aromatic N) is 2. The van der Waals surface area contributed by atoms with Gasteiger partial charge in [0.2, 0.25) is 0 Å². The summed E-state index contributed by atoms with van der Waals surface area (Å²) in [4.78, 5) is 6.55. The monoisotopic (exact) mass is 256 g/mol. The van der Waals surface area contributed by atoms with Gasteiger partial charge in [-0.2, -0.15) is 0 Å². The molecule has 3 nitrogen and oxygen atoms in total. The van der Waals surface area contributed by atoms with Gasteiger partial charge in [0.25, 0.3) is 0 Å². The molecule has 0 amide bonds. The van der Waals surface area contributed by atoms with Gasteiger partial charge in [0.15, 0.2) is 0 Å². The summed E-state index contributed by atoms with van der Waals surface area (Å²) < 4.78 is 0. The predicted molar refractivity (Wildman–Crippen MR) is 78.4 cm³/mol. The second kappa shape index (κ2) is 4.82. The van der Waals surface area contributed by atoms with Gasteiger partial charge in [-0.05, 0) is 25.0 Å². The third kappa shape index (κ3) is 2.43. The molecule has 2 aromatic rings. The smallest absolute Gasteiger partial charge is 0.0821 e. The zero-order chi connectivity index (χ0) is 13.3. The molecule has 0 saturated heterocycles. The number of benzene rings is 1. The summed E-state index contributed by atoms with van der Waals surface area (Å²) in [6.45, 7) is 0.695. The summed E-state index contributed by atoms with van der Waals surface area (Å²) in [6, 6.07) is 10.2. The quantitative estimate of drug-likeness (QED) is 0.917. The molecular weight excluding hydrogens is 236 g/mol. The average Bonchev–Trinajstić information content (AvgIpc) is 2.84. The van der Waals surface area contributed by atoms with Gasteiger partial charge >= 0.3 is 0 Å². The molecule has 1 aromatic heterocycles. The van der Waals surface area contributed by atoms with Crippen LogP contribution in [0.5, 0.6) is 0 Å². The van der Waals surface area contributed by atoms with E-state index >= 15 is 0 Å². The molecule has 3 heteroatoms. The highest BCUT2D eigenvalue weighted by Gasteiger charge is 2.32. The SMILES string of the molecule is CN(CC1(O)CCCC1)c1ccnc2ccccc12. The summed E-state index contributed by atoms with van der Waals surface area (Å²) in [7, 11) is 2.05. The molecule has 1 aromatic carbocycles. The summed E-state index contributed by atoms with van der Waals surface area (Å²) in [5.41, 5.74) is 1.63. The number of aromatic nitrogens is 1. The molecule has 0 atom stereocenters. The molecule has 0 bridgehead atoms. The van der Waals surface area contributed by atoms with Crippen LogP contribution in [0.1, 0.15) is 25.7 Å². The summed E-state index contributed by atoms with van der Waals surface area (Å²) in [6.07, 6.45) is 5.95. The lowest BCUT2D eigenvalue weighted by atomic mass is 10.0. The van der Waals surface area contributed by atoms with Crippen LogP contribution in [0.25, 0.3) is 10.9 Å². The maximum atomic E-state index is 10.5. The first-order valence-corrected chi connectivity index (χ1v) is 6.95. The van der Waals surface area contributed by atoms with Crippen LogP contribution in [0.4, 0.5) is 5.69 Å². The molecule has 19 heavy (non-hydrogen) atoms. The van der Waals surface area contributed by atoms with E-state index in [1.807, 2.05) is 30.5 Å². The lowest BCUT2D eigenvalue weighted by Gasteiger charge is -2.30. The van der Waals surface area contributed by atoms with Crippen LogP contribution < -0.4 is 4.90 Å². The number of para-hydroxylation sites is 1. The predicted octanol–water partition coefficient (Wildman–Crippen LogP) is 2.98. The molecule has 1 N–H and O–H groups in total. The van der Waals surface area contributed by atoms with Crippen LogP contribution in [0.2, 0.25) is 0 Å². The molecule has 3 rings (SSSR count). The molecule has 0 aliphatic heterocycles. The van der Waals surface area contributed by atoms with Crippen molar-refractivity contribution in [1.29, 1.82) is 0 Å². The Labute approximate surface area is 113 Å². The van der Waals surface area contributed by atoms with E-state index in [9.17, 15) is 5.11 Å². The van der Waals surface area contributed by atoms with Crippen LogP contribution in [-0.2, 0) is 0 Å². The first-order chi connectivity index (χ1) is 9.18. The molecule has 1 heterocycles. The third-order valence-corrected chi connectivity index (χ3v) is 4.10. The number of likely N-dealkylation sites (N-methyl/N-ethyl adjacent to an activating group) is 1. The van der Waals surface area contributed by atoms with E-state index in [1.54, 1.807) is 0 Å². The van der Waals surface area contributed by atoms with Gasteiger partial charge in [-0.1, -0.05) is 31.0 Å². The molecular formula is C16H20N2O. The fraction of sp³-hybridized carbons (Fsp3) is 0.438. The van der Waals surface area contributed by atoms with Gasteiger partial charge < -0.3 is 10.0 Å². The minimum absolute atomic E-state index is 0.515. The molecule has 1 saturated carbocycles. The Kier molecular flexibility index (Phi) is 3.15. The Bertz CT molecular complexity index is 570. The largest absolute Gasteiger partial charge is 0.388 e. The standard InChI is InChI=1S/C16H20N2O/c1-18(12-16(19)9-4-5-10-16)15-8-11-17-14-7-3-2-6-13(14)15/h2-3,6-8,11,19H,4-5,9-10,12H2,1H3. The zero-order valence-corrected chi connectivity index (χ0v) is 11.3. The Balaban J connectivity index is 1.91. The second-order valence-electron chi connectivity index (χ2n) is 5.63. The molecule has 100 valence electrons. The van der Waals surface area contributed by atoms with Crippen LogP contribution >= 0.6 is 0 Å². The highest BCUT2D eigenvalue weighted by molar-refractivity contribution is 5.91. The Morgan fingerprint density at radius 3 is 2.74 bits per heavy atom. The topological polar surface area (TPSA) is 36.4 Å². The number of hydrogen-bond acceptors (Lipinski definition) is 3. The first-order valence-electron chi connectivity index (χ1n) is 6.95. The van der Waals surface area contributed by atoms with Crippen molar-refractivity contribution in [2.24, 2.45) is 0 Å². The summed E-state index contributed by atoms with van der Waals surface area (Å²) in [5.74, 6) is 0. The molecule has 1 aliphatic carbocycles. The fourth-order valence-electron chi connectivity index (χ4n) is 3.13. The van der Waals surface area contributed by atoms with E-state index < -0.39 is 5.60 Å². The maximum absolute atomic E-state index is 10.5. The van der Waals surface area contributed by atoms with E-state index in [1.165, 1.54) is 0 Å². The number of hydrogen-bond donors (Lipinski definition) is 1. The molecule has 1 aliphatic rings. The van der Waals surface area contributed by atoms with E-state index in [-0.39, 0.29) is 0 Å². The Hall–Kier alpha value is -1.61. The van der Waals surface area contributed by atoms with E-state index in [4.69, 9.17) is 0 Å². The summed E-state index contributed by atoms with van der Waals surface area (Å²) in [5, 5.41) is 11.7. The highest BCUT2D eigenvalue weighted by Crippen LogP contribution is 2.32. The second-order valence-corrected chi connectivity index (χ2v) is 5.63. The van der Waals surface area contributed by atoms with E-state index in [0.29, 0.717) is 6.54 Å². The van der Waals surface area contributed by atoms with Crippen LogP contribution in [0.3, 0.4) is 0 Å². The minimum Gasteiger partial charge on any atom is -0.388 e. The molecule has 1 fully saturated rings. The van der Waals surface area contributed by atoms with E-state index in [0.717, 1.165) is 42.3 Å². The number of rotatable bonds is 3. The van der Waals surface area contributed by atoms with Gasteiger partial charge in [0, 0.05) is 30.9 Å². The minimum atomic E-state index is -0.515. The van der Waals surface area contributed by atoms with E-state index in [2.05, 4.69) is 23.0 Å². The lowest BCUT2D eigenvalue weighted by molar-refractivity contribution is 0.0560. The highest BCUT2D eigenvalue weighted by atomic mass is 16.3. The van der Waals surface area contributed by atoms with Gasteiger partial charge in [-0.3, -0.25) is 4.98 Å². The molecule has 0 unspecified atom stereocenters. The number of anilines is 1. The molecule has 0 spiro atoms. The van der Waals surface area contributed by atoms with Crippen molar-refractivity contribution in [1.82, 2.24) is 4.98 Å². The first kappa shape index (κ1) is 12.4. The van der Waals surface area contributed by atoms with Gasteiger partial charge in [-0.25, -0.2) is 0 Å². The van der Waals surface area contributed by atoms with Crippen LogP contribution in [0, 0.1) is 0 Å². The Morgan fingerprint density at radius 2 is 1.95 bits per heavy atom. The van der Waals surface area contributed by atoms with Crippen molar-refractivity contribution in [2.45, 2.75) is 31.3 Å². The van der Waals surface area contributed by atoms with Crippen molar-refractivity contribution in [3.8, 4) is 0 Å². The Morgan fingerprint density at radius 1 is 1.21 bits per heavy atom. The number of fused-ring (bicyclic) bond motifs is 1. The summed E-state index contributed by atoms with van der Waals surface area (Å²) >= 11 is 0. The number of aliphatic hydroxyl groups is 1. The zero-order valence-electron chi connectivity index (χ0n) is 11.3. The van der Waals surface area contributed by atoms with Crippen LogP contribution in [-0.4, -0.2) is 29.3 Å². The number of pyridine rings is 1. The van der Waals surface area contributed by atoms with Crippen molar-refractivity contribution in [2.75, 3.05) is 18.5 Å². The molecule has 0 radical (unpaired) electrons. The maximum Gasteiger partial charge on any atom is 0.0821 e. The average molecular weight is 256 g/mol. The van der Waals surface area contributed by atoms with Gasteiger partial charge in [0.05, 0.1) is 11.1 Å². The van der Waals surface area contributed by atoms with Crippen molar-refractivity contribution in [3.05, 3.63) is 36.5 Å². The van der Waals surface area contributed by atoms with Crippen molar-refractivity contribution < 1.29 is 5.11 Å². The lowest BCUT2D eigenvalue weighted by Crippen LogP contribution is -2.39. The normalized spacial score (nSPS) is 17.8. The van der Waals surface area contributed by atoms with Gasteiger partial charge in [0.1, 0.15) is 0 Å². The van der Waals surface area contributed by atoms with Crippen molar-refractivity contribution >= 4 is 16.6 Å². The third-order valence-electron chi connectivity index (χ3n) is 4.10. The van der Waals surface area contributed by atoms with Crippen molar-refractivity contribution in [3.63, 3.8) is 0 Å². The fourth-order valence-corrected chi connectivity index (χ4v) is 3.13. The van der Waals surface area contributed by atoms with Crippen LogP contribution in [0.15, 0.2) is 36.5 Å². The van der Waals surface area contributed by atoms with Gasteiger partial charge in [-0.15, -0.1) is 0 Å².